The van der Waals surface area contributed by atoms with Gasteiger partial charge in [0.15, 0.2) is 0 Å². The summed E-state index contributed by atoms with van der Waals surface area (Å²) >= 11 is 0. The Morgan fingerprint density at radius 3 is 2.67 bits per heavy atom. The van der Waals surface area contributed by atoms with Gasteiger partial charge in [-0.3, -0.25) is 4.79 Å². The first kappa shape index (κ1) is 9.68. The summed E-state index contributed by atoms with van der Waals surface area (Å²) in [6.07, 6.45) is 3.30. The van der Waals surface area contributed by atoms with Crippen LogP contribution in [0, 0.1) is 5.92 Å². The van der Waals surface area contributed by atoms with Gasteiger partial charge < -0.3 is 10.5 Å². The third kappa shape index (κ3) is 2.91. The third-order valence-corrected chi connectivity index (χ3v) is 2.30. The van der Waals surface area contributed by atoms with Crippen molar-refractivity contribution in [1.82, 2.24) is 0 Å². The van der Waals surface area contributed by atoms with E-state index in [0.717, 1.165) is 32.5 Å². The molecule has 0 aromatic carbocycles. The van der Waals surface area contributed by atoms with Gasteiger partial charge in [0.05, 0.1) is 0 Å². The lowest BCUT2D eigenvalue weighted by molar-refractivity contribution is -0.125. The number of carbonyl (C=O) groups excluding carboxylic acids is 1. The van der Waals surface area contributed by atoms with Gasteiger partial charge in [-0.2, -0.15) is 0 Å². The number of ketones is 1. The number of Topliss-reactive ketones (excluding diaryl/α,β-unsaturated/α-hetero) is 1. The van der Waals surface area contributed by atoms with Gasteiger partial charge in [0.1, 0.15) is 5.78 Å². The van der Waals surface area contributed by atoms with E-state index in [1.54, 1.807) is 0 Å². The SMILES string of the molecule is NCCCC(=O)C1CCOCC1. The van der Waals surface area contributed by atoms with Crippen molar-refractivity contribution in [3.8, 4) is 0 Å². The number of carbonyl (C=O) groups is 1. The predicted octanol–water partition coefficient (Wildman–Crippen LogP) is 0.721. The molecule has 1 fully saturated rings. The first-order valence-corrected chi connectivity index (χ1v) is 4.65. The maximum Gasteiger partial charge on any atom is 0.136 e. The summed E-state index contributed by atoms with van der Waals surface area (Å²) in [4.78, 5) is 11.4. The highest BCUT2D eigenvalue weighted by Gasteiger charge is 2.20. The van der Waals surface area contributed by atoms with Gasteiger partial charge in [0, 0.05) is 25.6 Å². The highest BCUT2D eigenvalue weighted by Crippen LogP contribution is 2.17. The molecule has 0 spiro atoms. The lowest BCUT2D eigenvalue weighted by Gasteiger charge is -2.20. The van der Waals surface area contributed by atoms with E-state index in [1.165, 1.54) is 0 Å². The number of nitrogens with two attached hydrogens (primary N) is 1. The summed E-state index contributed by atoms with van der Waals surface area (Å²) < 4.78 is 5.18. The fourth-order valence-electron chi connectivity index (χ4n) is 1.50. The predicted molar refractivity (Wildman–Crippen MR) is 46.8 cm³/mol. The van der Waals surface area contributed by atoms with E-state index >= 15 is 0 Å². The summed E-state index contributed by atoms with van der Waals surface area (Å²) in [5.41, 5.74) is 5.33. The van der Waals surface area contributed by atoms with Crippen LogP contribution in [-0.4, -0.2) is 25.5 Å². The van der Waals surface area contributed by atoms with E-state index in [4.69, 9.17) is 10.5 Å². The molecule has 12 heavy (non-hydrogen) atoms. The number of rotatable bonds is 4. The molecular formula is C9H17NO2. The number of hydrogen-bond donors (Lipinski definition) is 1. The molecule has 0 saturated carbocycles. The standard InChI is InChI=1S/C9H17NO2/c10-5-1-2-9(11)8-3-6-12-7-4-8/h8H,1-7,10H2. The monoisotopic (exact) mass is 171 g/mol. The van der Waals surface area contributed by atoms with Crippen molar-refractivity contribution in [2.24, 2.45) is 11.7 Å². The van der Waals surface area contributed by atoms with Crippen LogP contribution in [0.4, 0.5) is 0 Å². The lowest BCUT2D eigenvalue weighted by atomic mass is 9.93. The fraction of sp³-hybridized carbons (Fsp3) is 0.889. The van der Waals surface area contributed by atoms with Crippen molar-refractivity contribution in [3.63, 3.8) is 0 Å². The van der Waals surface area contributed by atoms with Crippen molar-refractivity contribution in [2.75, 3.05) is 19.8 Å². The molecule has 0 aliphatic carbocycles. The van der Waals surface area contributed by atoms with E-state index in [0.29, 0.717) is 18.7 Å². The summed E-state index contributed by atoms with van der Waals surface area (Å²) in [6.45, 7) is 2.12. The Kier molecular flexibility index (Phi) is 4.25. The molecule has 3 heteroatoms. The number of hydrogen-bond acceptors (Lipinski definition) is 3. The maximum atomic E-state index is 11.4. The van der Waals surface area contributed by atoms with Crippen molar-refractivity contribution >= 4 is 5.78 Å². The van der Waals surface area contributed by atoms with Crippen molar-refractivity contribution < 1.29 is 9.53 Å². The highest BCUT2D eigenvalue weighted by molar-refractivity contribution is 5.81. The van der Waals surface area contributed by atoms with Gasteiger partial charge in [0.25, 0.3) is 0 Å². The van der Waals surface area contributed by atoms with Crippen LogP contribution in [0.2, 0.25) is 0 Å². The second-order valence-electron chi connectivity index (χ2n) is 3.25. The van der Waals surface area contributed by atoms with E-state index in [1.807, 2.05) is 0 Å². The van der Waals surface area contributed by atoms with Crippen molar-refractivity contribution in [1.29, 1.82) is 0 Å². The van der Waals surface area contributed by atoms with Gasteiger partial charge in [-0.1, -0.05) is 0 Å². The lowest BCUT2D eigenvalue weighted by Crippen LogP contribution is -2.23. The molecule has 1 aliphatic rings. The van der Waals surface area contributed by atoms with Crippen LogP contribution in [0.1, 0.15) is 25.7 Å². The van der Waals surface area contributed by atoms with Crippen molar-refractivity contribution in [3.05, 3.63) is 0 Å². The molecule has 0 amide bonds. The summed E-state index contributed by atoms with van der Waals surface area (Å²) in [5.74, 6) is 0.633. The van der Waals surface area contributed by atoms with Gasteiger partial charge in [-0.15, -0.1) is 0 Å². The average Bonchev–Trinajstić information content (AvgIpc) is 2.15. The van der Waals surface area contributed by atoms with Gasteiger partial charge >= 0.3 is 0 Å². The first-order chi connectivity index (χ1) is 5.84. The smallest absolute Gasteiger partial charge is 0.136 e. The van der Waals surface area contributed by atoms with Crippen LogP contribution in [0.5, 0.6) is 0 Å². The molecule has 3 nitrogen and oxygen atoms in total. The second kappa shape index (κ2) is 5.27. The Labute approximate surface area is 73.3 Å². The molecule has 0 aromatic rings. The summed E-state index contributed by atoms with van der Waals surface area (Å²) in [6, 6.07) is 0. The highest BCUT2D eigenvalue weighted by atomic mass is 16.5. The molecule has 2 N–H and O–H groups in total. The van der Waals surface area contributed by atoms with Crippen LogP contribution in [0.15, 0.2) is 0 Å². The molecule has 1 saturated heterocycles. The van der Waals surface area contributed by atoms with Gasteiger partial charge in [0.2, 0.25) is 0 Å². The summed E-state index contributed by atoms with van der Waals surface area (Å²) in [5, 5.41) is 0. The molecule has 0 aromatic heterocycles. The molecule has 1 aliphatic heterocycles. The average molecular weight is 171 g/mol. The minimum atomic E-state index is 0.255. The minimum absolute atomic E-state index is 0.255. The fourth-order valence-corrected chi connectivity index (χ4v) is 1.50. The Morgan fingerprint density at radius 2 is 2.08 bits per heavy atom. The van der Waals surface area contributed by atoms with Gasteiger partial charge in [-0.05, 0) is 25.8 Å². The topological polar surface area (TPSA) is 52.3 Å². The number of ether oxygens (including phenoxy) is 1. The molecule has 1 heterocycles. The normalized spacial score (nSPS) is 19.4. The Bertz CT molecular complexity index is 141. The van der Waals surface area contributed by atoms with E-state index < -0.39 is 0 Å². The maximum absolute atomic E-state index is 11.4. The molecule has 0 bridgehead atoms. The Morgan fingerprint density at radius 1 is 1.42 bits per heavy atom. The van der Waals surface area contributed by atoms with Crippen molar-refractivity contribution in [2.45, 2.75) is 25.7 Å². The zero-order valence-corrected chi connectivity index (χ0v) is 7.42. The van der Waals surface area contributed by atoms with Crippen LogP contribution < -0.4 is 5.73 Å². The van der Waals surface area contributed by atoms with E-state index in [2.05, 4.69) is 0 Å². The van der Waals surface area contributed by atoms with Crippen LogP contribution in [0.3, 0.4) is 0 Å². The van der Waals surface area contributed by atoms with Gasteiger partial charge in [-0.25, -0.2) is 0 Å². The van der Waals surface area contributed by atoms with Crippen LogP contribution in [0.25, 0.3) is 0 Å². The zero-order valence-electron chi connectivity index (χ0n) is 7.42. The minimum Gasteiger partial charge on any atom is -0.381 e. The van der Waals surface area contributed by atoms with E-state index in [-0.39, 0.29) is 5.92 Å². The largest absolute Gasteiger partial charge is 0.381 e. The third-order valence-electron chi connectivity index (χ3n) is 2.30. The summed E-state index contributed by atoms with van der Waals surface area (Å²) in [7, 11) is 0. The molecule has 0 unspecified atom stereocenters. The first-order valence-electron chi connectivity index (χ1n) is 4.65. The molecule has 0 radical (unpaired) electrons. The molecule has 1 rings (SSSR count). The Balaban J connectivity index is 2.20. The van der Waals surface area contributed by atoms with Crippen LogP contribution >= 0.6 is 0 Å². The van der Waals surface area contributed by atoms with E-state index in [9.17, 15) is 4.79 Å². The zero-order chi connectivity index (χ0) is 8.81. The molecular weight excluding hydrogens is 154 g/mol. The Hall–Kier alpha value is -0.410. The van der Waals surface area contributed by atoms with Crippen LogP contribution in [-0.2, 0) is 9.53 Å². The second-order valence-corrected chi connectivity index (χ2v) is 3.25. The molecule has 70 valence electrons. The molecule has 0 atom stereocenters. The quantitative estimate of drug-likeness (QED) is 0.678.